The number of hydrogen-bond donors (Lipinski definition) is 0. The molecule has 0 spiro atoms. The Kier molecular flexibility index (Phi) is 3.64. The van der Waals surface area contributed by atoms with E-state index in [0.29, 0.717) is 5.75 Å². The van der Waals surface area contributed by atoms with Crippen molar-refractivity contribution in [1.82, 2.24) is 0 Å². The van der Waals surface area contributed by atoms with Crippen LogP contribution in [0.15, 0.2) is 27.6 Å². The molecule has 1 aromatic carbocycles. The van der Waals surface area contributed by atoms with Gasteiger partial charge in [-0.3, -0.25) is 0 Å². The van der Waals surface area contributed by atoms with E-state index in [0.717, 1.165) is 4.47 Å². The largest absolute Gasteiger partial charge is 0.197 e. The van der Waals surface area contributed by atoms with Crippen LogP contribution < -0.4 is 0 Å². The van der Waals surface area contributed by atoms with E-state index in [1.54, 1.807) is 11.8 Å². The van der Waals surface area contributed by atoms with Crippen LogP contribution in [0, 0.1) is 18.3 Å². The molecular weight excluding hydrogens is 234 g/mol. The molecule has 62 valence electrons. The third-order valence-corrected chi connectivity index (χ3v) is 2.96. The van der Waals surface area contributed by atoms with E-state index in [2.05, 4.69) is 22.0 Å². The first-order chi connectivity index (χ1) is 5.74. The van der Waals surface area contributed by atoms with Gasteiger partial charge in [-0.25, -0.2) is 0 Å². The molecule has 3 heteroatoms. The third kappa shape index (κ3) is 2.54. The summed E-state index contributed by atoms with van der Waals surface area (Å²) in [5.74, 6) is 0.511. The summed E-state index contributed by atoms with van der Waals surface area (Å²) in [7, 11) is 0. The fourth-order valence-electron chi connectivity index (χ4n) is 0.839. The third-order valence-electron chi connectivity index (χ3n) is 1.44. The van der Waals surface area contributed by atoms with Gasteiger partial charge >= 0.3 is 0 Å². The van der Waals surface area contributed by atoms with E-state index in [-0.39, 0.29) is 0 Å². The van der Waals surface area contributed by atoms with Crippen LogP contribution in [0.5, 0.6) is 0 Å². The highest BCUT2D eigenvalue weighted by molar-refractivity contribution is 9.10. The molecule has 0 unspecified atom stereocenters. The number of halogens is 1. The number of nitrogens with zero attached hydrogens (tertiary/aromatic N) is 1. The molecular formula is C9H8BrNS. The summed E-state index contributed by atoms with van der Waals surface area (Å²) >= 11 is 4.96. The normalized spacial score (nSPS) is 9.42. The van der Waals surface area contributed by atoms with Gasteiger partial charge in [-0.1, -0.05) is 22.0 Å². The fourth-order valence-corrected chi connectivity index (χ4v) is 2.08. The van der Waals surface area contributed by atoms with Gasteiger partial charge in [0.05, 0.1) is 11.8 Å². The lowest BCUT2D eigenvalue weighted by Crippen LogP contribution is -1.80. The second-order valence-electron chi connectivity index (χ2n) is 2.36. The topological polar surface area (TPSA) is 23.8 Å². The van der Waals surface area contributed by atoms with Crippen LogP contribution in [0.3, 0.4) is 0 Å². The molecule has 0 radical (unpaired) electrons. The number of nitriles is 1. The molecule has 0 aliphatic rings. The summed E-state index contributed by atoms with van der Waals surface area (Å²) < 4.78 is 1.06. The lowest BCUT2D eigenvalue weighted by Gasteiger charge is -2.02. The lowest BCUT2D eigenvalue weighted by molar-refractivity contribution is 1.29. The van der Waals surface area contributed by atoms with E-state index in [1.165, 1.54) is 10.5 Å². The van der Waals surface area contributed by atoms with Gasteiger partial charge < -0.3 is 0 Å². The Bertz CT molecular complexity index is 317. The quantitative estimate of drug-likeness (QED) is 0.742. The number of aryl methyl sites for hydroxylation is 1. The lowest BCUT2D eigenvalue weighted by atomic mass is 10.2. The maximum absolute atomic E-state index is 8.41. The van der Waals surface area contributed by atoms with E-state index >= 15 is 0 Å². The molecule has 12 heavy (non-hydrogen) atoms. The minimum absolute atomic E-state index is 0.511. The average Bonchev–Trinajstić information content (AvgIpc) is 2.07. The monoisotopic (exact) mass is 241 g/mol. The summed E-state index contributed by atoms with van der Waals surface area (Å²) in [5, 5.41) is 8.41. The Labute approximate surface area is 84.9 Å². The molecule has 0 heterocycles. The van der Waals surface area contributed by atoms with Crippen molar-refractivity contribution >= 4 is 27.7 Å². The van der Waals surface area contributed by atoms with Gasteiger partial charge in [-0.05, 0) is 24.6 Å². The molecule has 0 bridgehead atoms. The van der Waals surface area contributed by atoms with E-state index in [4.69, 9.17) is 5.26 Å². The molecule has 0 N–H and O–H groups in total. The minimum atomic E-state index is 0.511. The van der Waals surface area contributed by atoms with E-state index in [1.807, 2.05) is 25.1 Å². The van der Waals surface area contributed by atoms with Gasteiger partial charge in [0.1, 0.15) is 0 Å². The van der Waals surface area contributed by atoms with Gasteiger partial charge in [-0.2, -0.15) is 5.26 Å². The molecule has 0 saturated carbocycles. The highest BCUT2D eigenvalue weighted by Crippen LogP contribution is 2.25. The molecule has 1 nitrogen and oxygen atoms in total. The van der Waals surface area contributed by atoms with Crippen molar-refractivity contribution in [2.24, 2.45) is 0 Å². The zero-order chi connectivity index (χ0) is 8.97. The van der Waals surface area contributed by atoms with Gasteiger partial charge in [0.2, 0.25) is 0 Å². The van der Waals surface area contributed by atoms with Gasteiger partial charge in [-0.15, -0.1) is 11.8 Å². The Morgan fingerprint density at radius 1 is 1.58 bits per heavy atom. The second kappa shape index (κ2) is 4.54. The van der Waals surface area contributed by atoms with Crippen molar-refractivity contribution in [2.45, 2.75) is 11.8 Å². The summed E-state index contributed by atoms with van der Waals surface area (Å²) in [6.45, 7) is 2.05. The van der Waals surface area contributed by atoms with E-state index < -0.39 is 0 Å². The first kappa shape index (κ1) is 9.63. The molecule has 1 rings (SSSR count). The molecule has 0 saturated heterocycles. The SMILES string of the molecule is Cc1ccc(Br)cc1SCC#N. The maximum atomic E-state index is 8.41. The van der Waals surface area contributed by atoms with Gasteiger partial charge in [0.25, 0.3) is 0 Å². The second-order valence-corrected chi connectivity index (χ2v) is 4.29. The van der Waals surface area contributed by atoms with Crippen LogP contribution in [0.1, 0.15) is 5.56 Å². The number of benzene rings is 1. The summed E-state index contributed by atoms with van der Waals surface area (Å²) in [6.07, 6.45) is 0. The summed E-state index contributed by atoms with van der Waals surface area (Å²) in [4.78, 5) is 1.17. The molecule has 0 fully saturated rings. The van der Waals surface area contributed by atoms with Crippen molar-refractivity contribution in [2.75, 3.05) is 5.75 Å². The van der Waals surface area contributed by atoms with Crippen LogP contribution >= 0.6 is 27.7 Å². The smallest absolute Gasteiger partial charge is 0.0855 e. The van der Waals surface area contributed by atoms with Crippen molar-refractivity contribution < 1.29 is 0 Å². The first-order valence-corrected chi connectivity index (χ1v) is 5.28. The molecule has 0 atom stereocenters. The van der Waals surface area contributed by atoms with E-state index in [9.17, 15) is 0 Å². The Morgan fingerprint density at radius 3 is 3.00 bits per heavy atom. The fraction of sp³-hybridized carbons (Fsp3) is 0.222. The molecule has 0 aliphatic carbocycles. The zero-order valence-corrected chi connectivity index (χ0v) is 9.08. The summed E-state index contributed by atoms with van der Waals surface area (Å²) in [6, 6.07) is 8.20. The Balaban J connectivity index is 2.84. The Hall–Kier alpha value is -0.460. The number of thioether (sulfide) groups is 1. The molecule has 0 aromatic heterocycles. The zero-order valence-electron chi connectivity index (χ0n) is 6.67. The maximum Gasteiger partial charge on any atom is 0.0855 e. The van der Waals surface area contributed by atoms with Crippen molar-refractivity contribution in [3.63, 3.8) is 0 Å². The summed E-state index contributed by atoms with van der Waals surface area (Å²) in [5.41, 5.74) is 1.22. The van der Waals surface area contributed by atoms with Crippen LogP contribution in [-0.4, -0.2) is 5.75 Å². The van der Waals surface area contributed by atoms with Crippen LogP contribution in [0.2, 0.25) is 0 Å². The van der Waals surface area contributed by atoms with Crippen molar-refractivity contribution in [1.29, 1.82) is 5.26 Å². The predicted octanol–water partition coefficient (Wildman–Crippen LogP) is 3.37. The Morgan fingerprint density at radius 2 is 2.33 bits per heavy atom. The van der Waals surface area contributed by atoms with Gasteiger partial charge in [0.15, 0.2) is 0 Å². The number of rotatable bonds is 2. The molecule has 1 aromatic rings. The van der Waals surface area contributed by atoms with Crippen molar-refractivity contribution in [3.8, 4) is 6.07 Å². The van der Waals surface area contributed by atoms with Crippen molar-refractivity contribution in [3.05, 3.63) is 28.2 Å². The standard InChI is InChI=1S/C9H8BrNS/c1-7-2-3-8(10)6-9(7)12-5-4-11/h2-3,6H,5H2,1H3. The minimum Gasteiger partial charge on any atom is -0.197 e. The molecule has 0 amide bonds. The van der Waals surface area contributed by atoms with Crippen LogP contribution in [0.4, 0.5) is 0 Å². The highest BCUT2D eigenvalue weighted by atomic mass is 79.9. The average molecular weight is 242 g/mol. The van der Waals surface area contributed by atoms with Crippen LogP contribution in [-0.2, 0) is 0 Å². The first-order valence-electron chi connectivity index (χ1n) is 3.50. The predicted molar refractivity (Wildman–Crippen MR) is 55.2 cm³/mol. The highest BCUT2D eigenvalue weighted by Gasteiger charge is 1.98. The molecule has 0 aliphatic heterocycles. The van der Waals surface area contributed by atoms with Gasteiger partial charge in [0, 0.05) is 9.37 Å². The van der Waals surface area contributed by atoms with Crippen LogP contribution in [0.25, 0.3) is 0 Å². The number of hydrogen-bond acceptors (Lipinski definition) is 2.